The highest BCUT2D eigenvalue weighted by atomic mass is 31.0. The Hall–Kier alpha value is -1.69. The van der Waals surface area contributed by atoms with Gasteiger partial charge in [0.15, 0.2) is 0 Å². The number of rotatable bonds is 5. The predicted molar refractivity (Wildman–Crippen MR) is 118 cm³/mol. The summed E-state index contributed by atoms with van der Waals surface area (Å²) in [5.41, 5.74) is 3.97. The highest BCUT2D eigenvalue weighted by Gasteiger charge is 2.38. The molecule has 0 aliphatic heterocycles. The molecule has 0 aliphatic carbocycles. The fourth-order valence-electron chi connectivity index (χ4n) is 3.66. The van der Waals surface area contributed by atoms with Crippen LogP contribution in [-0.2, 0) is 0 Å². The predicted octanol–water partition coefficient (Wildman–Crippen LogP) is 3.96. The first-order valence-electron chi connectivity index (χ1n) is 8.98. The normalized spacial score (nSPS) is 11.5. The van der Waals surface area contributed by atoms with Gasteiger partial charge in [-0.3, -0.25) is 0 Å². The minimum Gasteiger partial charge on any atom is -0.138 e. The fraction of sp³-hybridized carbons (Fsp3) is 0.217. The molecule has 0 saturated carbocycles. The molecule has 2 heteroatoms. The van der Waals surface area contributed by atoms with Gasteiger partial charge in [-0.2, -0.15) is 0 Å². The van der Waals surface area contributed by atoms with Gasteiger partial charge in [-0.05, 0) is 48.5 Å². The van der Waals surface area contributed by atoms with Crippen LogP contribution in [0.15, 0.2) is 72.8 Å². The van der Waals surface area contributed by atoms with E-state index in [0.29, 0.717) is 0 Å². The van der Waals surface area contributed by atoms with E-state index in [-0.39, 0.29) is 0 Å². The zero-order valence-corrected chi connectivity index (χ0v) is 17.6. The topological polar surface area (TPSA) is 0 Å². The third-order valence-electron chi connectivity index (χ3n) is 5.15. The summed E-state index contributed by atoms with van der Waals surface area (Å²) in [5, 5.41) is 4.52. The monoisotopic (exact) mass is 362 g/mol. The van der Waals surface area contributed by atoms with Crippen molar-refractivity contribution >= 4 is 32.9 Å². The number of hydrogen-bond donors (Lipinski definition) is 0. The molecule has 0 amide bonds. The van der Waals surface area contributed by atoms with Gasteiger partial charge in [0.05, 0.1) is 0 Å². The van der Waals surface area contributed by atoms with Crippen molar-refractivity contribution in [2.24, 2.45) is 0 Å². The first-order chi connectivity index (χ1) is 12.1. The Morgan fingerprint density at radius 3 is 1.08 bits per heavy atom. The summed E-state index contributed by atoms with van der Waals surface area (Å²) >= 11 is 0. The van der Waals surface area contributed by atoms with Crippen molar-refractivity contribution in [2.45, 2.75) is 26.8 Å². The molecule has 0 fully saturated rings. The molecule has 0 nitrogen and oxygen atoms in total. The first kappa shape index (κ1) is 18.1. The third-order valence-corrected chi connectivity index (χ3v) is 11.0. The van der Waals surface area contributed by atoms with Crippen LogP contribution in [-0.4, -0.2) is 14.2 Å². The van der Waals surface area contributed by atoms with Gasteiger partial charge in [0.2, 0.25) is 0 Å². The third kappa shape index (κ3) is 3.63. The lowest BCUT2D eigenvalue weighted by Crippen LogP contribution is -2.67. The molecule has 0 aliphatic rings. The van der Waals surface area contributed by atoms with Gasteiger partial charge in [-0.25, -0.2) is 0 Å². The zero-order valence-electron chi connectivity index (χ0n) is 15.4. The average molecular weight is 363 g/mol. The number of hydrogen-bond acceptors (Lipinski definition) is 0. The van der Waals surface area contributed by atoms with E-state index >= 15 is 0 Å². The van der Waals surface area contributed by atoms with Crippen LogP contribution in [0.1, 0.15) is 16.7 Å². The maximum Gasteiger partial charge on any atom is 0.148 e. The van der Waals surface area contributed by atoms with Gasteiger partial charge in [0, 0.05) is 0 Å². The Morgan fingerprint density at radius 2 is 0.840 bits per heavy atom. The lowest BCUT2D eigenvalue weighted by atomic mass is 10.2. The van der Waals surface area contributed by atoms with Crippen LogP contribution in [0.5, 0.6) is 0 Å². The lowest BCUT2D eigenvalue weighted by Gasteiger charge is -2.34. The highest BCUT2D eigenvalue weighted by Crippen LogP contribution is 2.16. The summed E-state index contributed by atoms with van der Waals surface area (Å²) in [6.07, 6.45) is 1.11. The van der Waals surface area contributed by atoms with Crippen LogP contribution in [0.25, 0.3) is 0 Å². The molecular weight excluding hydrogens is 335 g/mol. The fourth-order valence-corrected chi connectivity index (χ4v) is 9.47. The molecule has 0 bridgehead atoms. The quantitative estimate of drug-likeness (QED) is 0.366. The van der Waals surface area contributed by atoms with Gasteiger partial charge in [0.1, 0.15) is 8.07 Å². The zero-order chi connectivity index (χ0) is 17.9. The molecule has 0 radical (unpaired) electrons. The molecule has 25 heavy (non-hydrogen) atoms. The molecular formula is C23H27PSi. The summed E-state index contributed by atoms with van der Waals surface area (Å²) in [6.45, 7) is 6.50. The molecule has 3 aromatic rings. The van der Waals surface area contributed by atoms with Gasteiger partial charge >= 0.3 is 0 Å². The Kier molecular flexibility index (Phi) is 5.56. The minimum absolute atomic E-state index is 1.11. The van der Waals surface area contributed by atoms with Crippen LogP contribution in [0.4, 0.5) is 0 Å². The molecule has 3 aromatic carbocycles. The molecule has 1 unspecified atom stereocenters. The van der Waals surface area contributed by atoms with Crippen molar-refractivity contribution in [1.29, 1.82) is 0 Å². The Balaban J connectivity index is 2.28. The van der Waals surface area contributed by atoms with E-state index in [4.69, 9.17) is 0 Å². The summed E-state index contributed by atoms with van der Waals surface area (Å²) < 4.78 is 0. The lowest BCUT2D eigenvalue weighted by molar-refractivity contribution is 1.40. The molecule has 0 saturated heterocycles. The van der Waals surface area contributed by atoms with Crippen molar-refractivity contribution in [2.75, 3.05) is 6.16 Å². The Bertz CT molecular complexity index is 707. The van der Waals surface area contributed by atoms with Gasteiger partial charge in [0.25, 0.3) is 0 Å². The van der Waals surface area contributed by atoms with Crippen molar-refractivity contribution in [1.82, 2.24) is 0 Å². The largest absolute Gasteiger partial charge is 0.148 e. The van der Waals surface area contributed by atoms with Crippen molar-refractivity contribution in [3.8, 4) is 0 Å². The van der Waals surface area contributed by atoms with E-state index in [2.05, 4.69) is 103 Å². The second-order valence-electron chi connectivity index (χ2n) is 7.04. The molecule has 128 valence electrons. The molecule has 0 aromatic heterocycles. The summed E-state index contributed by atoms with van der Waals surface area (Å²) in [6, 6.07) is 29.0. The molecule has 3 rings (SSSR count). The standard InChI is InChI=1S/C23H27PSi/c1-18-4-10-21(11-5-18)25(17-16-24,22-12-6-19(2)7-13-22)23-14-8-20(3)9-15-23/h4-15H,16-17,24H2,1-3H3. The maximum absolute atomic E-state index is 2.96. The van der Waals surface area contributed by atoms with Gasteiger partial charge in [-0.1, -0.05) is 89.5 Å². The van der Waals surface area contributed by atoms with Gasteiger partial charge < -0.3 is 0 Å². The van der Waals surface area contributed by atoms with E-state index in [1.807, 2.05) is 0 Å². The SMILES string of the molecule is Cc1ccc([Si](CCP)(c2ccc(C)cc2)c2ccc(C)cc2)cc1. The second-order valence-corrected chi connectivity index (χ2v) is 11.7. The van der Waals surface area contributed by atoms with Crippen LogP contribution < -0.4 is 15.6 Å². The van der Waals surface area contributed by atoms with Crippen molar-refractivity contribution in [3.05, 3.63) is 89.5 Å². The van der Waals surface area contributed by atoms with Crippen LogP contribution in [0.3, 0.4) is 0 Å². The smallest absolute Gasteiger partial charge is 0.138 e. The summed E-state index contributed by atoms with van der Waals surface area (Å²) in [7, 11) is 0.943. The first-order valence-corrected chi connectivity index (χ1v) is 12.0. The van der Waals surface area contributed by atoms with Gasteiger partial charge in [-0.15, -0.1) is 9.24 Å². The molecule has 0 heterocycles. The molecule has 1 atom stereocenters. The van der Waals surface area contributed by atoms with Crippen LogP contribution in [0, 0.1) is 20.8 Å². The van der Waals surface area contributed by atoms with Crippen LogP contribution >= 0.6 is 9.24 Å². The summed E-state index contributed by atoms with van der Waals surface area (Å²) in [4.78, 5) is 0. The van der Waals surface area contributed by atoms with Crippen molar-refractivity contribution < 1.29 is 0 Å². The Labute approximate surface area is 155 Å². The van der Waals surface area contributed by atoms with Crippen LogP contribution in [0.2, 0.25) is 6.04 Å². The number of benzene rings is 3. The average Bonchev–Trinajstić information content (AvgIpc) is 2.62. The Morgan fingerprint density at radius 1 is 0.560 bits per heavy atom. The van der Waals surface area contributed by atoms with E-state index in [1.54, 1.807) is 0 Å². The van der Waals surface area contributed by atoms with Crippen molar-refractivity contribution in [3.63, 3.8) is 0 Å². The second kappa shape index (κ2) is 7.68. The highest BCUT2D eigenvalue weighted by molar-refractivity contribution is 7.19. The number of aryl methyl sites for hydroxylation is 3. The summed E-state index contributed by atoms with van der Waals surface area (Å²) in [5.74, 6) is 0. The van der Waals surface area contributed by atoms with E-state index < -0.39 is 8.07 Å². The molecule has 0 N–H and O–H groups in total. The van der Waals surface area contributed by atoms with E-state index in [1.165, 1.54) is 38.3 Å². The molecule has 0 spiro atoms. The van der Waals surface area contributed by atoms with E-state index in [9.17, 15) is 0 Å². The maximum atomic E-state index is 2.96. The minimum atomic E-state index is -2.01. The van der Waals surface area contributed by atoms with E-state index in [0.717, 1.165) is 6.16 Å².